The van der Waals surface area contributed by atoms with Gasteiger partial charge in [0.1, 0.15) is 11.8 Å². The monoisotopic (exact) mass is 319 g/mol. The molecule has 1 fully saturated rings. The van der Waals surface area contributed by atoms with Crippen LogP contribution in [0.5, 0.6) is 5.75 Å². The van der Waals surface area contributed by atoms with Crippen LogP contribution in [0.15, 0.2) is 24.3 Å². The number of benzene rings is 1. The third-order valence-corrected chi connectivity index (χ3v) is 3.80. The Kier molecular flexibility index (Phi) is 6.72. The molecule has 0 saturated carbocycles. The Morgan fingerprint density at radius 1 is 1.35 bits per heavy atom. The number of amides is 3. The molecule has 1 saturated heterocycles. The fraction of sp³-hybridized carbons (Fsp3) is 0.529. The highest BCUT2D eigenvalue weighted by atomic mass is 16.5. The van der Waals surface area contributed by atoms with Gasteiger partial charge in [0.15, 0.2) is 0 Å². The molecule has 3 N–H and O–H groups in total. The number of carbonyl (C=O) groups excluding carboxylic acids is 2. The molecule has 0 aliphatic carbocycles. The molecule has 1 atom stereocenters. The number of hydrogen-bond donors (Lipinski definition) is 3. The Bertz CT molecular complexity index is 534. The number of aryl methyl sites for hydroxylation is 1. The largest absolute Gasteiger partial charge is 0.493 e. The van der Waals surface area contributed by atoms with E-state index >= 15 is 0 Å². The van der Waals surface area contributed by atoms with Crippen LogP contribution in [0.2, 0.25) is 0 Å². The molecule has 0 unspecified atom stereocenters. The maximum atomic E-state index is 11.8. The third-order valence-electron chi connectivity index (χ3n) is 3.80. The second-order valence-corrected chi connectivity index (χ2v) is 5.71. The average Bonchev–Trinajstić information content (AvgIpc) is 2.74. The van der Waals surface area contributed by atoms with Crippen molar-refractivity contribution in [2.24, 2.45) is 0 Å². The van der Waals surface area contributed by atoms with Crippen LogP contribution in [0, 0.1) is 6.92 Å². The predicted octanol–water partition coefficient (Wildman–Crippen LogP) is 1.73. The number of urea groups is 1. The minimum absolute atomic E-state index is 0.0967. The smallest absolute Gasteiger partial charge is 0.315 e. The van der Waals surface area contributed by atoms with E-state index in [4.69, 9.17) is 4.74 Å². The van der Waals surface area contributed by atoms with Crippen molar-refractivity contribution in [3.8, 4) is 5.75 Å². The summed E-state index contributed by atoms with van der Waals surface area (Å²) in [6.45, 7) is 3.73. The lowest BCUT2D eigenvalue weighted by Crippen LogP contribution is -2.49. The fourth-order valence-electron chi connectivity index (χ4n) is 2.46. The second kappa shape index (κ2) is 9.02. The lowest BCUT2D eigenvalue weighted by molar-refractivity contribution is -0.122. The highest BCUT2D eigenvalue weighted by molar-refractivity contribution is 5.87. The van der Waals surface area contributed by atoms with Gasteiger partial charge in [0.05, 0.1) is 6.61 Å². The Morgan fingerprint density at radius 2 is 2.17 bits per heavy atom. The molecule has 1 aromatic rings. The maximum absolute atomic E-state index is 11.8. The summed E-state index contributed by atoms with van der Waals surface area (Å²) in [5.74, 6) is 0.771. The van der Waals surface area contributed by atoms with Gasteiger partial charge in [-0.05, 0) is 44.2 Å². The van der Waals surface area contributed by atoms with Crippen molar-refractivity contribution < 1.29 is 14.3 Å². The van der Waals surface area contributed by atoms with Gasteiger partial charge in [-0.15, -0.1) is 0 Å². The highest BCUT2D eigenvalue weighted by Crippen LogP contribution is 2.15. The molecule has 6 nitrogen and oxygen atoms in total. The Labute approximate surface area is 137 Å². The normalized spacial score (nSPS) is 17.8. The van der Waals surface area contributed by atoms with E-state index in [0.29, 0.717) is 32.5 Å². The van der Waals surface area contributed by atoms with E-state index in [2.05, 4.69) is 16.0 Å². The summed E-state index contributed by atoms with van der Waals surface area (Å²) in [4.78, 5) is 23.6. The molecule has 6 heteroatoms. The summed E-state index contributed by atoms with van der Waals surface area (Å²) in [5.41, 5.74) is 1.09. The number of carbonyl (C=O) groups is 2. The maximum Gasteiger partial charge on any atom is 0.315 e. The van der Waals surface area contributed by atoms with Gasteiger partial charge in [0.25, 0.3) is 0 Å². The van der Waals surface area contributed by atoms with Crippen molar-refractivity contribution in [2.45, 2.75) is 38.6 Å². The van der Waals surface area contributed by atoms with Crippen LogP contribution in [0.3, 0.4) is 0 Å². The predicted molar refractivity (Wildman–Crippen MR) is 88.5 cm³/mol. The van der Waals surface area contributed by atoms with Gasteiger partial charge < -0.3 is 20.7 Å². The SMILES string of the molecule is Cc1ccccc1OCCCNC(=O)N[C@H]1CCCCNC1=O. The second-order valence-electron chi connectivity index (χ2n) is 5.71. The third kappa shape index (κ3) is 5.81. The summed E-state index contributed by atoms with van der Waals surface area (Å²) in [6.07, 6.45) is 3.30. The van der Waals surface area contributed by atoms with Gasteiger partial charge in [-0.1, -0.05) is 18.2 Å². The minimum Gasteiger partial charge on any atom is -0.493 e. The summed E-state index contributed by atoms with van der Waals surface area (Å²) in [5, 5.41) is 8.28. The number of para-hydroxylation sites is 1. The van der Waals surface area contributed by atoms with Crippen LogP contribution in [0.4, 0.5) is 4.79 Å². The van der Waals surface area contributed by atoms with E-state index in [1.165, 1.54) is 0 Å². The Morgan fingerprint density at radius 3 is 3.00 bits per heavy atom. The highest BCUT2D eigenvalue weighted by Gasteiger charge is 2.21. The van der Waals surface area contributed by atoms with Gasteiger partial charge in [-0.25, -0.2) is 4.79 Å². The zero-order chi connectivity index (χ0) is 16.5. The fourth-order valence-corrected chi connectivity index (χ4v) is 2.46. The molecule has 126 valence electrons. The van der Waals surface area contributed by atoms with E-state index in [-0.39, 0.29) is 11.9 Å². The quantitative estimate of drug-likeness (QED) is 0.699. The van der Waals surface area contributed by atoms with E-state index < -0.39 is 6.04 Å². The van der Waals surface area contributed by atoms with Gasteiger partial charge in [-0.3, -0.25) is 4.79 Å². The van der Waals surface area contributed by atoms with Crippen molar-refractivity contribution >= 4 is 11.9 Å². The standard InChI is InChI=1S/C17H25N3O3/c1-13-7-2-3-9-15(13)23-12-6-11-19-17(22)20-14-8-4-5-10-18-16(14)21/h2-3,7,9,14H,4-6,8,10-12H2,1H3,(H,18,21)(H2,19,20,22)/t14-/m0/s1. The molecule has 2 rings (SSSR count). The van der Waals surface area contributed by atoms with Gasteiger partial charge in [0.2, 0.25) is 5.91 Å². The number of hydrogen-bond acceptors (Lipinski definition) is 3. The van der Waals surface area contributed by atoms with Crippen molar-refractivity contribution in [3.05, 3.63) is 29.8 Å². The molecule has 1 aromatic carbocycles. The Balaban J connectivity index is 1.61. The number of ether oxygens (including phenoxy) is 1. The van der Waals surface area contributed by atoms with E-state index in [9.17, 15) is 9.59 Å². The van der Waals surface area contributed by atoms with Crippen molar-refractivity contribution in [1.29, 1.82) is 0 Å². The molecule has 0 spiro atoms. The van der Waals surface area contributed by atoms with Crippen molar-refractivity contribution in [2.75, 3.05) is 19.7 Å². The first-order valence-electron chi connectivity index (χ1n) is 8.17. The van der Waals surface area contributed by atoms with Crippen molar-refractivity contribution in [1.82, 2.24) is 16.0 Å². The first-order chi connectivity index (χ1) is 11.2. The molecule has 1 heterocycles. The molecule has 1 aliphatic heterocycles. The summed E-state index contributed by atoms with van der Waals surface area (Å²) in [7, 11) is 0. The molecule has 1 aliphatic rings. The van der Waals surface area contributed by atoms with E-state index in [0.717, 1.165) is 24.2 Å². The van der Waals surface area contributed by atoms with Gasteiger partial charge >= 0.3 is 6.03 Å². The molecule has 0 bridgehead atoms. The lowest BCUT2D eigenvalue weighted by Gasteiger charge is -2.16. The van der Waals surface area contributed by atoms with Crippen LogP contribution in [0.25, 0.3) is 0 Å². The van der Waals surface area contributed by atoms with E-state index in [1.807, 2.05) is 31.2 Å². The van der Waals surface area contributed by atoms with E-state index in [1.54, 1.807) is 0 Å². The molecule has 3 amide bonds. The molecular formula is C17H25N3O3. The lowest BCUT2D eigenvalue weighted by atomic mass is 10.1. The number of rotatable bonds is 6. The van der Waals surface area contributed by atoms with Gasteiger partial charge in [0, 0.05) is 13.1 Å². The summed E-state index contributed by atoms with van der Waals surface area (Å²) in [6, 6.07) is 7.10. The minimum atomic E-state index is -0.430. The van der Waals surface area contributed by atoms with Crippen LogP contribution in [-0.4, -0.2) is 37.7 Å². The first kappa shape index (κ1) is 17.1. The zero-order valence-electron chi connectivity index (χ0n) is 13.6. The first-order valence-corrected chi connectivity index (χ1v) is 8.17. The molecule has 0 radical (unpaired) electrons. The van der Waals surface area contributed by atoms with Crippen LogP contribution in [0.1, 0.15) is 31.2 Å². The number of nitrogens with one attached hydrogen (secondary N) is 3. The van der Waals surface area contributed by atoms with Gasteiger partial charge in [-0.2, -0.15) is 0 Å². The summed E-state index contributed by atoms with van der Waals surface area (Å²) < 4.78 is 5.67. The molecular weight excluding hydrogens is 294 g/mol. The van der Waals surface area contributed by atoms with Crippen molar-refractivity contribution in [3.63, 3.8) is 0 Å². The van der Waals surface area contributed by atoms with Crippen LogP contribution in [-0.2, 0) is 4.79 Å². The topological polar surface area (TPSA) is 79.5 Å². The average molecular weight is 319 g/mol. The zero-order valence-corrected chi connectivity index (χ0v) is 13.6. The van der Waals surface area contributed by atoms with Crippen LogP contribution >= 0.6 is 0 Å². The summed E-state index contributed by atoms with van der Waals surface area (Å²) >= 11 is 0. The molecule has 23 heavy (non-hydrogen) atoms. The molecule has 0 aromatic heterocycles. The Hall–Kier alpha value is -2.24. The van der Waals surface area contributed by atoms with Crippen LogP contribution < -0.4 is 20.7 Å².